The van der Waals surface area contributed by atoms with Crippen molar-refractivity contribution in [2.24, 2.45) is 0 Å². The van der Waals surface area contributed by atoms with Gasteiger partial charge in [0.15, 0.2) is 11.4 Å². The van der Waals surface area contributed by atoms with Crippen molar-refractivity contribution in [1.82, 2.24) is 4.98 Å². The number of oxazole rings is 1. The summed E-state index contributed by atoms with van der Waals surface area (Å²) in [7, 11) is 0. The van der Waals surface area contributed by atoms with Crippen LogP contribution in [-0.2, 0) is 9.47 Å². The molecule has 4 rings (SSSR count). The number of aromatic nitrogens is 1. The van der Waals surface area contributed by atoms with Crippen molar-refractivity contribution in [3.8, 4) is 5.75 Å². The Kier molecular flexibility index (Phi) is 2.97. The van der Waals surface area contributed by atoms with Gasteiger partial charge in [0.05, 0.1) is 13.2 Å². The Hall–Kier alpha value is -1.85. The molecule has 1 N–H and O–H groups in total. The lowest BCUT2D eigenvalue weighted by Gasteiger charge is -2.32. The molecule has 2 fully saturated rings. The van der Waals surface area contributed by atoms with Gasteiger partial charge in [-0.05, 0) is 31.1 Å². The summed E-state index contributed by atoms with van der Waals surface area (Å²) < 4.78 is 17.1. The molecule has 1 spiro atoms. The zero-order valence-corrected chi connectivity index (χ0v) is 11.7. The van der Waals surface area contributed by atoms with Crippen LogP contribution in [0.1, 0.15) is 31.6 Å². The number of nitrogens with zero attached hydrogens (tertiary/aromatic N) is 1. The Balaban J connectivity index is 1.54. The lowest BCUT2D eigenvalue weighted by Crippen LogP contribution is -2.33. The molecule has 1 aliphatic carbocycles. The fourth-order valence-electron chi connectivity index (χ4n) is 3.05. The normalized spacial score (nSPS) is 21.2. The van der Waals surface area contributed by atoms with Crippen LogP contribution in [0, 0.1) is 0 Å². The first-order valence-corrected chi connectivity index (χ1v) is 7.29. The largest absolute Gasteiger partial charge is 0.508 e. The third kappa shape index (κ3) is 2.43. The van der Waals surface area contributed by atoms with Crippen molar-refractivity contribution in [1.29, 1.82) is 0 Å². The van der Waals surface area contributed by atoms with Crippen LogP contribution in [0.3, 0.4) is 0 Å². The molecule has 2 heterocycles. The third-order valence-corrected chi connectivity index (χ3v) is 4.18. The van der Waals surface area contributed by atoms with Gasteiger partial charge in [-0.3, -0.25) is 0 Å². The van der Waals surface area contributed by atoms with Gasteiger partial charge in [-0.2, -0.15) is 0 Å². The molecule has 0 radical (unpaired) electrons. The van der Waals surface area contributed by atoms with E-state index in [0.29, 0.717) is 24.7 Å². The van der Waals surface area contributed by atoms with Crippen LogP contribution >= 0.6 is 0 Å². The second-order valence-corrected chi connectivity index (χ2v) is 5.61. The first kappa shape index (κ1) is 12.9. The number of aromatic hydroxyl groups is 1. The van der Waals surface area contributed by atoms with Gasteiger partial charge in [0.1, 0.15) is 11.3 Å². The molecule has 0 unspecified atom stereocenters. The first-order chi connectivity index (χ1) is 10.2. The number of ether oxygens (including phenoxy) is 2. The molecule has 0 bridgehead atoms. The van der Waals surface area contributed by atoms with E-state index in [9.17, 15) is 5.11 Å². The van der Waals surface area contributed by atoms with E-state index in [1.54, 1.807) is 18.2 Å². The fraction of sp³-hybridized carbons (Fsp3) is 0.438. The van der Waals surface area contributed by atoms with E-state index in [4.69, 9.17) is 13.9 Å². The van der Waals surface area contributed by atoms with E-state index in [0.717, 1.165) is 31.2 Å². The molecule has 2 aliphatic rings. The van der Waals surface area contributed by atoms with Gasteiger partial charge in [0, 0.05) is 18.9 Å². The van der Waals surface area contributed by atoms with Crippen LogP contribution in [0.2, 0.25) is 0 Å². The topological polar surface area (TPSA) is 64.7 Å². The van der Waals surface area contributed by atoms with Gasteiger partial charge < -0.3 is 19.0 Å². The van der Waals surface area contributed by atoms with Crippen molar-refractivity contribution < 1.29 is 19.0 Å². The van der Waals surface area contributed by atoms with Crippen molar-refractivity contribution in [2.45, 2.75) is 31.5 Å². The third-order valence-electron chi connectivity index (χ3n) is 4.18. The van der Waals surface area contributed by atoms with Gasteiger partial charge in [0.2, 0.25) is 5.89 Å². The van der Waals surface area contributed by atoms with E-state index < -0.39 is 0 Å². The predicted octanol–water partition coefficient (Wildman–Crippen LogP) is 3.23. The number of hydrogen-bond acceptors (Lipinski definition) is 5. The van der Waals surface area contributed by atoms with E-state index in [1.165, 1.54) is 5.57 Å². The monoisotopic (exact) mass is 287 g/mol. The number of benzene rings is 1. The maximum atomic E-state index is 9.45. The Morgan fingerprint density at radius 3 is 2.67 bits per heavy atom. The van der Waals surface area contributed by atoms with Crippen LogP contribution < -0.4 is 0 Å². The molecule has 1 aromatic heterocycles. The summed E-state index contributed by atoms with van der Waals surface area (Å²) in [6.07, 6.45) is 5.65. The molecule has 1 saturated carbocycles. The number of allylic oxidation sites excluding steroid dienone is 1. The van der Waals surface area contributed by atoms with Gasteiger partial charge in [0.25, 0.3) is 0 Å². The molecular formula is C16H17NO4. The van der Waals surface area contributed by atoms with E-state index in [1.807, 2.05) is 6.08 Å². The lowest BCUT2D eigenvalue weighted by atomic mass is 9.89. The summed E-state index contributed by atoms with van der Waals surface area (Å²) in [6.45, 7) is 1.40. The van der Waals surface area contributed by atoms with Crippen LogP contribution in [0.4, 0.5) is 0 Å². The predicted molar refractivity (Wildman–Crippen MR) is 76.8 cm³/mol. The summed E-state index contributed by atoms with van der Waals surface area (Å²) in [5.74, 6) is 0.438. The average molecular weight is 287 g/mol. The molecule has 5 nitrogen and oxygen atoms in total. The highest BCUT2D eigenvalue weighted by atomic mass is 16.7. The molecule has 0 atom stereocenters. The van der Waals surface area contributed by atoms with Crippen molar-refractivity contribution in [2.75, 3.05) is 13.2 Å². The average Bonchev–Trinajstić information content (AvgIpc) is 3.08. The van der Waals surface area contributed by atoms with Gasteiger partial charge in [-0.25, -0.2) is 4.98 Å². The first-order valence-electron chi connectivity index (χ1n) is 7.29. The highest BCUT2D eigenvalue weighted by molar-refractivity contribution is 5.75. The summed E-state index contributed by atoms with van der Waals surface area (Å²) >= 11 is 0. The van der Waals surface area contributed by atoms with E-state index in [-0.39, 0.29) is 11.5 Å². The van der Waals surface area contributed by atoms with Gasteiger partial charge in [-0.15, -0.1) is 0 Å². The Morgan fingerprint density at radius 2 is 1.90 bits per heavy atom. The Morgan fingerprint density at radius 1 is 1.14 bits per heavy atom. The zero-order valence-electron chi connectivity index (χ0n) is 11.7. The van der Waals surface area contributed by atoms with Crippen molar-refractivity contribution in [3.63, 3.8) is 0 Å². The van der Waals surface area contributed by atoms with Gasteiger partial charge in [-0.1, -0.05) is 5.57 Å². The Bertz CT molecular complexity index is 685. The minimum Gasteiger partial charge on any atom is -0.508 e. The second kappa shape index (κ2) is 4.86. The van der Waals surface area contributed by atoms with E-state index >= 15 is 0 Å². The van der Waals surface area contributed by atoms with Crippen LogP contribution in [0.15, 0.2) is 28.2 Å². The highest BCUT2D eigenvalue weighted by Crippen LogP contribution is 2.38. The second-order valence-electron chi connectivity index (χ2n) is 5.61. The molecule has 110 valence electrons. The molecule has 21 heavy (non-hydrogen) atoms. The standard InChI is InChI=1S/C16H17NO4/c18-12-1-2-13-14(10-12)21-15(17-13)9-11-3-5-16(6-4-11)19-7-8-20-16/h1-2,9-10,18H,3-8H2. The number of rotatable bonds is 1. The molecule has 2 aromatic rings. The molecule has 1 aliphatic heterocycles. The minimum atomic E-state index is -0.343. The summed E-state index contributed by atoms with van der Waals surface area (Å²) in [6, 6.07) is 4.95. The molecule has 5 heteroatoms. The van der Waals surface area contributed by atoms with Gasteiger partial charge >= 0.3 is 0 Å². The molecule has 1 saturated heterocycles. The molecule has 0 amide bonds. The van der Waals surface area contributed by atoms with Crippen molar-refractivity contribution >= 4 is 17.2 Å². The van der Waals surface area contributed by atoms with Crippen LogP contribution in [-0.4, -0.2) is 29.1 Å². The Labute approximate surface area is 122 Å². The quantitative estimate of drug-likeness (QED) is 0.872. The van der Waals surface area contributed by atoms with Crippen LogP contribution in [0.25, 0.3) is 17.2 Å². The SMILES string of the molecule is Oc1ccc2nc(C=C3CCC4(CC3)OCCO4)oc2c1. The lowest BCUT2D eigenvalue weighted by molar-refractivity contribution is -0.171. The highest BCUT2D eigenvalue weighted by Gasteiger charge is 2.38. The summed E-state index contributed by atoms with van der Waals surface area (Å²) in [5.41, 5.74) is 2.67. The maximum Gasteiger partial charge on any atom is 0.219 e. The molecular weight excluding hydrogens is 270 g/mol. The number of fused-ring (bicyclic) bond motifs is 1. The smallest absolute Gasteiger partial charge is 0.219 e. The zero-order chi connectivity index (χ0) is 14.3. The number of hydrogen-bond donors (Lipinski definition) is 1. The summed E-state index contributed by atoms with van der Waals surface area (Å²) in [5, 5.41) is 9.45. The van der Waals surface area contributed by atoms with Crippen LogP contribution in [0.5, 0.6) is 5.75 Å². The maximum absolute atomic E-state index is 9.45. The summed E-state index contributed by atoms with van der Waals surface area (Å²) in [4.78, 5) is 4.42. The number of phenols is 1. The fourth-order valence-corrected chi connectivity index (χ4v) is 3.05. The molecule has 1 aromatic carbocycles. The number of phenolic OH excluding ortho intramolecular Hbond substituents is 1. The van der Waals surface area contributed by atoms with E-state index in [2.05, 4.69) is 4.98 Å². The minimum absolute atomic E-state index is 0.188. The van der Waals surface area contributed by atoms with Crippen molar-refractivity contribution in [3.05, 3.63) is 29.7 Å².